The number of ether oxygens (including phenoxy) is 3. The van der Waals surface area contributed by atoms with Crippen LogP contribution in [0.5, 0.6) is 11.5 Å². The van der Waals surface area contributed by atoms with Crippen molar-refractivity contribution >= 4 is 5.91 Å². The van der Waals surface area contributed by atoms with Crippen molar-refractivity contribution in [3.8, 4) is 11.5 Å². The number of fused-ring (bicyclic) bond motifs is 1. The van der Waals surface area contributed by atoms with E-state index in [1.807, 2.05) is 35.4 Å². The molecule has 0 saturated carbocycles. The first-order chi connectivity index (χ1) is 14.2. The highest BCUT2D eigenvalue weighted by molar-refractivity contribution is 5.79. The number of rotatable bonds is 4. The van der Waals surface area contributed by atoms with Gasteiger partial charge in [-0.15, -0.1) is 0 Å². The molecule has 2 saturated heterocycles. The molecule has 3 aliphatic rings. The topological polar surface area (TPSA) is 64.1 Å². The third-order valence-electron chi connectivity index (χ3n) is 5.92. The van der Waals surface area contributed by atoms with Gasteiger partial charge < -0.3 is 19.1 Å². The summed E-state index contributed by atoms with van der Waals surface area (Å²) < 4.78 is 17.0. The summed E-state index contributed by atoms with van der Waals surface area (Å²) in [6, 6.07) is 9.78. The first-order valence-electron chi connectivity index (χ1n) is 10.1. The Kier molecular flexibility index (Phi) is 4.85. The van der Waals surface area contributed by atoms with Gasteiger partial charge in [-0.3, -0.25) is 14.7 Å². The highest BCUT2D eigenvalue weighted by Crippen LogP contribution is 2.34. The molecule has 1 amide bonds. The first kappa shape index (κ1) is 18.4. The lowest BCUT2D eigenvalue weighted by Crippen LogP contribution is -2.53. The van der Waals surface area contributed by atoms with Crippen LogP contribution in [0.15, 0.2) is 42.7 Å². The molecule has 7 nitrogen and oxygen atoms in total. The van der Waals surface area contributed by atoms with E-state index in [0.29, 0.717) is 19.6 Å². The van der Waals surface area contributed by atoms with Crippen molar-refractivity contribution < 1.29 is 19.0 Å². The second-order valence-electron chi connectivity index (χ2n) is 8.03. The lowest BCUT2D eigenvalue weighted by atomic mass is 10.00. The lowest BCUT2D eigenvalue weighted by molar-refractivity contribution is -0.134. The van der Waals surface area contributed by atoms with Crippen molar-refractivity contribution in [2.24, 2.45) is 0 Å². The molecule has 4 heterocycles. The minimum atomic E-state index is -0.259. The Hall–Kier alpha value is -2.64. The smallest absolute Gasteiger partial charge is 0.231 e. The Morgan fingerprint density at radius 1 is 1.10 bits per heavy atom. The highest BCUT2D eigenvalue weighted by atomic mass is 16.7. The van der Waals surface area contributed by atoms with Crippen molar-refractivity contribution in [3.05, 3.63) is 53.9 Å². The molecule has 1 aromatic heterocycles. The normalized spacial score (nSPS) is 23.7. The third kappa shape index (κ3) is 3.93. The van der Waals surface area contributed by atoms with Crippen molar-refractivity contribution in [1.82, 2.24) is 14.8 Å². The van der Waals surface area contributed by atoms with Crippen LogP contribution in [-0.4, -0.2) is 65.9 Å². The van der Waals surface area contributed by atoms with Crippen molar-refractivity contribution in [2.45, 2.75) is 25.0 Å². The van der Waals surface area contributed by atoms with Crippen LogP contribution in [0.1, 0.15) is 17.5 Å². The van der Waals surface area contributed by atoms with Gasteiger partial charge >= 0.3 is 0 Å². The number of carbonyl (C=O) groups is 1. The Balaban J connectivity index is 1.20. The number of benzene rings is 1. The van der Waals surface area contributed by atoms with E-state index in [1.165, 1.54) is 5.56 Å². The zero-order valence-corrected chi connectivity index (χ0v) is 16.4. The fraction of sp³-hybridized carbons (Fsp3) is 0.455. The molecule has 2 aromatic rings. The maximum atomic E-state index is 12.9. The summed E-state index contributed by atoms with van der Waals surface area (Å²) in [5.41, 5.74) is 1.90. The monoisotopic (exact) mass is 395 g/mol. The minimum absolute atomic E-state index is 0.133. The minimum Gasteiger partial charge on any atom is -0.454 e. The lowest BCUT2D eigenvalue weighted by Gasteiger charge is -2.40. The van der Waals surface area contributed by atoms with E-state index in [2.05, 4.69) is 16.0 Å². The molecule has 1 aromatic carbocycles. The predicted octanol–water partition coefficient (Wildman–Crippen LogP) is 1.86. The van der Waals surface area contributed by atoms with Crippen LogP contribution >= 0.6 is 0 Å². The predicted molar refractivity (Wildman–Crippen MR) is 106 cm³/mol. The van der Waals surface area contributed by atoms with E-state index in [9.17, 15) is 4.79 Å². The number of morpholine rings is 1. The molecule has 2 fully saturated rings. The van der Waals surface area contributed by atoms with Crippen LogP contribution < -0.4 is 9.47 Å². The van der Waals surface area contributed by atoms with Crippen LogP contribution in [0.3, 0.4) is 0 Å². The Morgan fingerprint density at radius 3 is 2.93 bits per heavy atom. The van der Waals surface area contributed by atoms with Crippen LogP contribution in [0.2, 0.25) is 0 Å². The Bertz CT molecular complexity index is 891. The second kappa shape index (κ2) is 7.65. The molecule has 7 heteroatoms. The first-order valence-corrected chi connectivity index (χ1v) is 10.1. The Morgan fingerprint density at radius 2 is 2.03 bits per heavy atom. The summed E-state index contributed by atoms with van der Waals surface area (Å²) in [7, 11) is 0. The molecular formula is C22H25N3O4. The largest absolute Gasteiger partial charge is 0.454 e. The standard InChI is InChI=1S/C22H25N3O4/c26-21(11-17-3-4-19-20(10-17)28-16-27-19)25-7-5-22(15-25)14-24(8-9-29-22)13-18-2-1-6-23-12-18/h1-4,6,10,12H,5,7-9,11,13-16H2. The zero-order valence-electron chi connectivity index (χ0n) is 16.4. The van der Waals surface area contributed by atoms with Gasteiger partial charge in [0.2, 0.25) is 12.7 Å². The van der Waals surface area contributed by atoms with E-state index in [-0.39, 0.29) is 18.3 Å². The summed E-state index contributed by atoms with van der Waals surface area (Å²) in [5, 5.41) is 0. The van der Waals surface area contributed by atoms with Gasteiger partial charge in [-0.2, -0.15) is 0 Å². The summed E-state index contributed by atoms with van der Waals surface area (Å²) in [5.74, 6) is 1.59. The molecular weight excluding hydrogens is 370 g/mol. The average molecular weight is 395 g/mol. The maximum absolute atomic E-state index is 12.9. The average Bonchev–Trinajstić information content (AvgIpc) is 3.36. The van der Waals surface area contributed by atoms with Gasteiger partial charge in [0.1, 0.15) is 5.60 Å². The molecule has 5 rings (SSSR count). The number of amides is 1. The molecule has 0 aliphatic carbocycles. The fourth-order valence-corrected chi connectivity index (χ4v) is 4.45. The highest BCUT2D eigenvalue weighted by Gasteiger charge is 2.44. The summed E-state index contributed by atoms with van der Waals surface area (Å²) in [6.45, 7) is 4.95. The number of likely N-dealkylation sites (tertiary alicyclic amines) is 1. The molecule has 1 atom stereocenters. The third-order valence-corrected chi connectivity index (χ3v) is 5.92. The van der Waals surface area contributed by atoms with Gasteiger partial charge in [-0.1, -0.05) is 12.1 Å². The van der Waals surface area contributed by atoms with Crippen molar-refractivity contribution in [1.29, 1.82) is 0 Å². The van der Waals surface area contributed by atoms with Crippen LogP contribution in [0, 0.1) is 0 Å². The number of hydrogen-bond acceptors (Lipinski definition) is 6. The van der Waals surface area contributed by atoms with Crippen molar-refractivity contribution in [2.75, 3.05) is 39.6 Å². The van der Waals surface area contributed by atoms with Crippen LogP contribution in [0.4, 0.5) is 0 Å². The molecule has 1 unspecified atom stereocenters. The van der Waals surface area contributed by atoms with Gasteiger partial charge in [0.15, 0.2) is 11.5 Å². The zero-order chi connectivity index (χ0) is 19.7. The van der Waals surface area contributed by atoms with Gasteiger partial charge in [0, 0.05) is 38.6 Å². The van der Waals surface area contributed by atoms with E-state index in [4.69, 9.17) is 14.2 Å². The van der Waals surface area contributed by atoms with Crippen LogP contribution in [0.25, 0.3) is 0 Å². The molecule has 29 heavy (non-hydrogen) atoms. The second-order valence-corrected chi connectivity index (χ2v) is 8.03. The number of hydrogen-bond donors (Lipinski definition) is 0. The number of aromatic nitrogens is 1. The van der Waals surface area contributed by atoms with Gasteiger partial charge in [0.05, 0.1) is 19.6 Å². The van der Waals surface area contributed by atoms with Gasteiger partial charge in [-0.05, 0) is 35.7 Å². The SMILES string of the molecule is O=C(Cc1ccc2c(c1)OCO2)N1CCC2(CN(Cc3cccnc3)CCO2)C1. The fourth-order valence-electron chi connectivity index (χ4n) is 4.45. The van der Waals surface area contributed by atoms with E-state index < -0.39 is 0 Å². The van der Waals surface area contributed by atoms with Gasteiger partial charge in [0.25, 0.3) is 0 Å². The van der Waals surface area contributed by atoms with E-state index in [1.54, 1.807) is 6.20 Å². The summed E-state index contributed by atoms with van der Waals surface area (Å²) in [4.78, 5) is 21.4. The number of carbonyl (C=O) groups excluding carboxylic acids is 1. The Labute approximate surface area is 170 Å². The molecule has 152 valence electrons. The van der Waals surface area contributed by atoms with Crippen LogP contribution in [-0.2, 0) is 22.5 Å². The number of nitrogens with zero attached hydrogens (tertiary/aromatic N) is 3. The van der Waals surface area contributed by atoms with Gasteiger partial charge in [-0.25, -0.2) is 0 Å². The summed E-state index contributed by atoms with van der Waals surface area (Å²) >= 11 is 0. The van der Waals surface area contributed by atoms with E-state index >= 15 is 0 Å². The summed E-state index contributed by atoms with van der Waals surface area (Å²) in [6.07, 6.45) is 4.96. The molecule has 3 aliphatic heterocycles. The van der Waals surface area contributed by atoms with E-state index in [0.717, 1.165) is 49.7 Å². The molecule has 0 radical (unpaired) electrons. The quantitative estimate of drug-likeness (QED) is 0.787. The van der Waals surface area contributed by atoms with Crippen molar-refractivity contribution in [3.63, 3.8) is 0 Å². The number of pyridine rings is 1. The maximum Gasteiger partial charge on any atom is 0.231 e. The molecule has 0 N–H and O–H groups in total. The molecule has 1 spiro atoms. The molecule has 0 bridgehead atoms.